The van der Waals surface area contributed by atoms with Gasteiger partial charge in [-0.2, -0.15) is 0 Å². The molecule has 0 aromatic rings. The minimum Gasteiger partial charge on any atom is -0.390 e. The Morgan fingerprint density at radius 1 is 0.762 bits per heavy atom. The number of fused-ring (bicyclic) bond motifs is 5. The largest absolute Gasteiger partial charge is 0.390 e. The van der Waals surface area contributed by atoms with Crippen molar-refractivity contribution in [2.45, 2.75) is 90.6 Å². The minimum atomic E-state index is -0.410. The second-order valence-corrected chi connectivity index (χ2v) is 9.67. The topological polar surface area (TPSA) is 20.2 Å². The van der Waals surface area contributed by atoms with Crippen LogP contribution in [0.4, 0.5) is 0 Å². The molecule has 0 aromatic carbocycles. The van der Waals surface area contributed by atoms with Gasteiger partial charge in [-0.3, -0.25) is 0 Å². The summed E-state index contributed by atoms with van der Waals surface area (Å²) in [6.45, 7) is 7.18. The first-order valence-electron chi connectivity index (χ1n) is 9.61. The van der Waals surface area contributed by atoms with Gasteiger partial charge in [-0.15, -0.1) is 0 Å². The van der Waals surface area contributed by atoms with Gasteiger partial charge in [0.15, 0.2) is 0 Å². The average molecular weight is 290 g/mol. The Balaban J connectivity index is 1.66. The van der Waals surface area contributed by atoms with Crippen LogP contribution in [0.2, 0.25) is 0 Å². The van der Waals surface area contributed by atoms with Crippen molar-refractivity contribution in [2.24, 2.45) is 34.5 Å². The first-order valence-corrected chi connectivity index (χ1v) is 9.61. The fourth-order valence-corrected chi connectivity index (χ4v) is 7.54. The molecule has 1 heteroatoms. The maximum Gasteiger partial charge on any atom is 0.0675 e. The summed E-state index contributed by atoms with van der Waals surface area (Å²) >= 11 is 0. The van der Waals surface area contributed by atoms with E-state index in [2.05, 4.69) is 20.8 Å². The third kappa shape index (κ3) is 1.79. The smallest absolute Gasteiger partial charge is 0.0675 e. The van der Waals surface area contributed by atoms with E-state index in [0.717, 1.165) is 30.1 Å². The van der Waals surface area contributed by atoms with E-state index in [9.17, 15) is 5.11 Å². The van der Waals surface area contributed by atoms with Crippen LogP contribution in [0.1, 0.15) is 85.0 Å². The Labute approximate surface area is 130 Å². The number of hydrogen-bond acceptors (Lipinski definition) is 1. The lowest BCUT2D eigenvalue weighted by atomic mass is 9.44. The van der Waals surface area contributed by atoms with Crippen LogP contribution < -0.4 is 0 Å². The SMILES string of the molecule is C[C@]12CCCCC1CCC1C2CC[C@@]2(C)C1CC[C@]2(C)O. The molecule has 4 saturated carbocycles. The van der Waals surface area contributed by atoms with Gasteiger partial charge in [0.1, 0.15) is 0 Å². The van der Waals surface area contributed by atoms with Crippen molar-refractivity contribution in [2.75, 3.05) is 0 Å². The van der Waals surface area contributed by atoms with E-state index in [1.54, 1.807) is 0 Å². The lowest BCUT2D eigenvalue weighted by molar-refractivity contribution is -0.145. The minimum absolute atomic E-state index is 0.200. The van der Waals surface area contributed by atoms with Crippen LogP contribution >= 0.6 is 0 Å². The van der Waals surface area contributed by atoms with E-state index < -0.39 is 5.60 Å². The first kappa shape index (κ1) is 14.5. The molecule has 4 aliphatic rings. The molecule has 0 radical (unpaired) electrons. The van der Waals surface area contributed by atoms with Crippen LogP contribution in [0.3, 0.4) is 0 Å². The zero-order valence-corrected chi connectivity index (χ0v) is 14.3. The third-order valence-corrected chi connectivity index (χ3v) is 9.15. The quantitative estimate of drug-likeness (QED) is 0.652. The Kier molecular flexibility index (Phi) is 3.11. The van der Waals surface area contributed by atoms with Crippen LogP contribution in [0.5, 0.6) is 0 Å². The van der Waals surface area contributed by atoms with E-state index in [0.29, 0.717) is 5.41 Å². The van der Waals surface area contributed by atoms with E-state index in [4.69, 9.17) is 0 Å². The van der Waals surface area contributed by atoms with Crippen LogP contribution in [0, 0.1) is 34.5 Å². The molecule has 4 unspecified atom stereocenters. The highest BCUT2D eigenvalue weighted by molar-refractivity contribution is 5.12. The third-order valence-electron chi connectivity index (χ3n) is 9.15. The second-order valence-electron chi connectivity index (χ2n) is 9.67. The van der Waals surface area contributed by atoms with E-state index in [-0.39, 0.29) is 5.41 Å². The van der Waals surface area contributed by atoms with Gasteiger partial charge < -0.3 is 5.11 Å². The Bertz CT molecular complexity index is 428. The predicted molar refractivity (Wildman–Crippen MR) is 87.0 cm³/mol. The molecule has 4 aliphatic carbocycles. The van der Waals surface area contributed by atoms with Gasteiger partial charge in [-0.05, 0) is 92.8 Å². The van der Waals surface area contributed by atoms with Crippen molar-refractivity contribution < 1.29 is 5.11 Å². The molecule has 7 atom stereocenters. The zero-order valence-electron chi connectivity index (χ0n) is 14.3. The van der Waals surface area contributed by atoms with Crippen molar-refractivity contribution >= 4 is 0 Å². The van der Waals surface area contributed by atoms with Crippen molar-refractivity contribution in [3.05, 3.63) is 0 Å². The van der Waals surface area contributed by atoms with Crippen molar-refractivity contribution in [3.8, 4) is 0 Å². The zero-order chi connectivity index (χ0) is 14.9. The monoisotopic (exact) mass is 290 g/mol. The van der Waals surface area contributed by atoms with Crippen LogP contribution in [-0.4, -0.2) is 10.7 Å². The summed E-state index contributed by atoms with van der Waals surface area (Å²) in [4.78, 5) is 0. The highest BCUT2D eigenvalue weighted by Gasteiger charge is 2.62. The molecule has 0 aromatic heterocycles. The van der Waals surface area contributed by atoms with Crippen LogP contribution in [0.25, 0.3) is 0 Å². The summed E-state index contributed by atoms with van der Waals surface area (Å²) in [7, 11) is 0. The summed E-state index contributed by atoms with van der Waals surface area (Å²) in [5.74, 6) is 3.69. The van der Waals surface area contributed by atoms with Crippen molar-refractivity contribution in [3.63, 3.8) is 0 Å². The number of aliphatic hydroxyl groups is 1. The second kappa shape index (κ2) is 4.49. The molecule has 120 valence electrons. The average Bonchev–Trinajstić information content (AvgIpc) is 2.69. The van der Waals surface area contributed by atoms with E-state index in [1.165, 1.54) is 57.8 Å². The lowest BCUT2D eigenvalue weighted by Gasteiger charge is -2.61. The van der Waals surface area contributed by atoms with Gasteiger partial charge >= 0.3 is 0 Å². The number of rotatable bonds is 0. The highest BCUT2D eigenvalue weighted by atomic mass is 16.3. The molecule has 0 bridgehead atoms. The van der Waals surface area contributed by atoms with Gasteiger partial charge in [0.25, 0.3) is 0 Å². The van der Waals surface area contributed by atoms with E-state index in [1.807, 2.05) is 0 Å². The molecular weight excluding hydrogens is 256 g/mol. The van der Waals surface area contributed by atoms with Gasteiger partial charge in [-0.25, -0.2) is 0 Å². The molecule has 0 aliphatic heterocycles. The molecule has 4 fully saturated rings. The maximum absolute atomic E-state index is 10.9. The highest BCUT2D eigenvalue weighted by Crippen LogP contribution is 2.68. The fourth-order valence-electron chi connectivity index (χ4n) is 7.54. The molecular formula is C20H34O. The first-order chi connectivity index (χ1) is 9.88. The van der Waals surface area contributed by atoms with Crippen molar-refractivity contribution in [1.29, 1.82) is 0 Å². The van der Waals surface area contributed by atoms with Gasteiger partial charge in [0.2, 0.25) is 0 Å². The van der Waals surface area contributed by atoms with Gasteiger partial charge in [-0.1, -0.05) is 26.7 Å². The number of hydrogen-bond donors (Lipinski definition) is 1. The standard InChI is InChI=1S/C20H34O/c1-18-11-5-4-6-14(18)7-8-15-16(18)9-12-19(2)17(15)10-13-20(19,3)21/h14-17,21H,4-13H2,1-3H3/t14?,15?,16?,17?,18-,19-,20-/m0/s1. The molecule has 21 heavy (non-hydrogen) atoms. The molecule has 0 spiro atoms. The van der Waals surface area contributed by atoms with Gasteiger partial charge in [0, 0.05) is 0 Å². The lowest BCUT2D eigenvalue weighted by Crippen LogP contribution is -2.55. The molecule has 1 N–H and O–H groups in total. The van der Waals surface area contributed by atoms with Crippen molar-refractivity contribution in [1.82, 2.24) is 0 Å². The Morgan fingerprint density at radius 3 is 2.33 bits per heavy atom. The predicted octanol–water partition coefficient (Wildman–Crippen LogP) is 5.17. The summed E-state index contributed by atoms with van der Waals surface area (Å²) in [6, 6.07) is 0. The maximum atomic E-state index is 10.9. The summed E-state index contributed by atoms with van der Waals surface area (Å²) in [6.07, 6.45) is 13.9. The van der Waals surface area contributed by atoms with Crippen LogP contribution in [-0.2, 0) is 0 Å². The summed E-state index contributed by atoms with van der Waals surface area (Å²) < 4.78 is 0. The van der Waals surface area contributed by atoms with Gasteiger partial charge in [0.05, 0.1) is 5.60 Å². The molecule has 1 nitrogen and oxygen atoms in total. The van der Waals surface area contributed by atoms with E-state index >= 15 is 0 Å². The molecule has 0 heterocycles. The summed E-state index contributed by atoms with van der Waals surface area (Å²) in [5, 5.41) is 10.9. The fraction of sp³-hybridized carbons (Fsp3) is 1.00. The Hall–Kier alpha value is -0.0400. The Morgan fingerprint density at radius 2 is 1.52 bits per heavy atom. The molecule has 4 rings (SSSR count). The molecule has 0 saturated heterocycles. The summed E-state index contributed by atoms with van der Waals surface area (Å²) in [5.41, 5.74) is 0.427. The normalized spacial score (nSPS) is 60.0. The van der Waals surface area contributed by atoms with Crippen LogP contribution in [0.15, 0.2) is 0 Å². The molecule has 0 amide bonds.